The number of nitrogens with zero attached hydrogens (tertiary/aromatic N) is 2. The lowest BCUT2D eigenvalue weighted by atomic mass is 9.88. The maximum absolute atomic E-state index is 10.8. The molecule has 6 heteroatoms. The van der Waals surface area contributed by atoms with Crippen molar-refractivity contribution in [2.45, 2.75) is 31.7 Å². The Morgan fingerprint density at radius 2 is 2.05 bits per heavy atom. The second-order valence-corrected chi connectivity index (χ2v) is 6.33. The van der Waals surface area contributed by atoms with Gasteiger partial charge >= 0.3 is 0 Å². The van der Waals surface area contributed by atoms with Gasteiger partial charge in [-0.15, -0.1) is 0 Å². The number of hydrogen-bond acceptors (Lipinski definition) is 4. The zero-order valence-corrected chi connectivity index (χ0v) is 12.7. The summed E-state index contributed by atoms with van der Waals surface area (Å²) in [6, 6.07) is 5.43. The van der Waals surface area contributed by atoms with E-state index in [1.807, 2.05) is 0 Å². The van der Waals surface area contributed by atoms with E-state index in [0.717, 1.165) is 44.1 Å². The molecule has 2 aliphatic rings. The Bertz CT molecular complexity index is 524. The van der Waals surface area contributed by atoms with E-state index >= 15 is 0 Å². The Morgan fingerprint density at radius 3 is 2.62 bits per heavy atom. The fraction of sp³-hybridized carbons (Fsp3) is 0.600. The van der Waals surface area contributed by atoms with Crippen molar-refractivity contribution in [3.63, 3.8) is 0 Å². The molecule has 0 spiro atoms. The van der Waals surface area contributed by atoms with Crippen molar-refractivity contribution < 1.29 is 4.92 Å². The summed E-state index contributed by atoms with van der Waals surface area (Å²) in [7, 11) is 0. The van der Waals surface area contributed by atoms with Gasteiger partial charge in [-0.25, -0.2) is 0 Å². The number of anilines is 1. The second kappa shape index (κ2) is 6.20. The minimum Gasteiger partial charge on any atom is -0.370 e. The number of halogens is 1. The standard InChI is InChI=1S/C15H20ClN3O2/c16-13-10-12(19(20)21)3-4-15(13)18-8-5-11(6-9-18)14-2-1-7-17-14/h3-4,10-11,14,17H,1-2,5-9H2. The van der Waals surface area contributed by atoms with Crippen LogP contribution < -0.4 is 10.2 Å². The zero-order chi connectivity index (χ0) is 14.8. The van der Waals surface area contributed by atoms with E-state index in [9.17, 15) is 10.1 Å². The fourth-order valence-electron chi connectivity index (χ4n) is 3.52. The van der Waals surface area contributed by atoms with Crippen molar-refractivity contribution in [1.82, 2.24) is 5.32 Å². The predicted octanol–water partition coefficient (Wildman–Crippen LogP) is 3.22. The zero-order valence-electron chi connectivity index (χ0n) is 11.9. The van der Waals surface area contributed by atoms with Crippen molar-refractivity contribution in [2.24, 2.45) is 5.92 Å². The molecule has 2 heterocycles. The SMILES string of the molecule is O=[N+]([O-])c1ccc(N2CCC(C3CCCN3)CC2)c(Cl)c1. The summed E-state index contributed by atoms with van der Waals surface area (Å²) in [6.45, 7) is 3.10. The van der Waals surface area contributed by atoms with Crippen molar-refractivity contribution in [2.75, 3.05) is 24.5 Å². The number of piperidine rings is 1. The van der Waals surface area contributed by atoms with Gasteiger partial charge in [0.1, 0.15) is 0 Å². The molecule has 5 nitrogen and oxygen atoms in total. The Labute approximate surface area is 129 Å². The molecule has 0 bridgehead atoms. The molecule has 114 valence electrons. The van der Waals surface area contributed by atoms with Crippen LogP contribution in [0.15, 0.2) is 18.2 Å². The highest BCUT2D eigenvalue weighted by atomic mass is 35.5. The Hall–Kier alpha value is -1.33. The first kappa shape index (κ1) is 14.6. The van der Waals surface area contributed by atoms with E-state index in [-0.39, 0.29) is 5.69 Å². The molecule has 21 heavy (non-hydrogen) atoms. The van der Waals surface area contributed by atoms with Crippen LogP contribution in [0.2, 0.25) is 5.02 Å². The van der Waals surface area contributed by atoms with Crippen LogP contribution in [0.1, 0.15) is 25.7 Å². The quantitative estimate of drug-likeness (QED) is 0.688. The van der Waals surface area contributed by atoms with E-state index in [2.05, 4.69) is 10.2 Å². The van der Waals surface area contributed by atoms with E-state index in [1.54, 1.807) is 6.07 Å². The Morgan fingerprint density at radius 1 is 1.29 bits per heavy atom. The summed E-state index contributed by atoms with van der Waals surface area (Å²) < 4.78 is 0. The van der Waals surface area contributed by atoms with Crippen LogP contribution in [0.5, 0.6) is 0 Å². The van der Waals surface area contributed by atoms with Crippen molar-refractivity contribution in [3.8, 4) is 0 Å². The fourth-order valence-corrected chi connectivity index (χ4v) is 3.82. The van der Waals surface area contributed by atoms with Crippen LogP contribution in [0.25, 0.3) is 0 Å². The third-order valence-corrected chi connectivity index (χ3v) is 4.99. The Kier molecular flexibility index (Phi) is 4.31. The van der Waals surface area contributed by atoms with Gasteiger partial charge in [0, 0.05) is 31.3 Å². The van der Waals surface area contributed by atoms with Crippen molar-refractivity contribution in [3.05, 3.63) is 33.3 Å². The molecular formula is C15H20ClN3O2. The van der Waals surface area contributed by atoms with E-state index in [4.69, 9.17) is 11.6 Å². The number of hydrogen-bond donors (Lipinski definition) is 1. The van der Waals surface area contributed by atoms with Gasteiger partial charge in [0.05, 0.1) is 15.6 Å². The summed E-state index contributed by atoms with van der Waals surface area (Å²) >= 11 is 6.21. The van der Waals surface area contributed by atoms with Crippen molar-refractivity contribution >= 4 is 23.0 Å². The van der Waals surface area contributed by atoms with Gasteiger partial charge in [-0.2, -0.15) is 0 Å². The topological polar surface area (TPSA) is 58.4 Å². The number of nitro groups is 1. The number of rotatable bonds is 3. The van der Waals surface area contributed by atoms with Gasteiger partial charge < -0.3 is 10.2 Å². The highest BCUT2D eigenvalue weighted by molar-refractivity contribution is 6.33. The van der Waals surface area contributed by atoms with E-state index in [0.29, 0.717) is 11.1 Å². The molecule has 2 aliphatic heterocycles. The Balaban J connectivity index is 1.65. The molecule has 2 saturated heterocycles. The number of benzene rings is 1. The monoisotopic (exact) mass is 309 g/mol. The largest absolute Gasteiger partial charge is 0.370 e. The van der Waals surface area contributed by atoms with Gasteiger partial charge in [0.2, 0.25) is 0 Å². The first-order valence-corrected chi connectivity index (χ1v) is 7.95. The highest BCUT2D eigenvalue weighted by Gasteiger charge is 2.29. The molecule has 0 aromatic heterocycles. The molecule has 1 N–H and O–H groups in total. The predicted molar refractivity (Wildman–Crippen MR) is 84.1 cm³/mol. The second-order valence-electron chi connectivity index (χ2n) is 5.92. The average molecular weight is 310 g/mol. The van der Waals surface area contributed by atoms with Gasteiger partial charge in [-0.05, 0) is 44.2 Å². The maximum atomic E-state index is 10.8. The first-order valence-electron chi connectivity index (χ1n) is 7.57. The van der Waals surface area contributed by atoms with Crippen LogP contribution in [0.4, 0.5) is 11.4 Å². The van der Waals surface area contributed by atoms with Gasteiger partial charge in [-0.3, -0.25) is 10.1 Å². The lowest BCUT2D eigenvalue weighted by Gasteiger charge is -2.36. The molecule has 1 atom stereocenters. The van der Waals surface area contributed by atoms with Crippen LogP contribution >= 0.6 is 11.6 Å². The summed E-state index contributed by atoms with van der Waals surface area (Å²) in [5, 5.41) is 14.8. The molecule has 3 rings (SSSR count). The molecule has 0 aliphatic carbocycles. The minimum atomic E-state index is -0.409. The summed E-state index contributed by atoms with van der Waals surface area (Å²) in [5.41, 5.74) is 0.967. The maximum Gasteiger partial charge on any atom is 0.271 e. The summed E-state index contributed by atoms with van der Waals surface area (Å²) in [4.78, 5) is 12.6. The molecule has 0 saturated carbocycles. The minimum absolute atomic E-state index is 0.0498. The molecule has 1 aromatic rings. The van der Waals surface area contributed by atoms with Gasteiger partial charge in [0.25, 0.3) is 5.69 Å². The highest BCUT2D eigenvalue weighted by Crippen LogP contribution is 2.34. The lowest BCUT2D eigenvalue weighted by molar-refractivity contribution is -0.384. The first-order chi connectivity index (χ1) is 10.1. The van der Waals surface area contributed by atoms with E-state index < -0.39 is 4.92 Å². The third kappa shape index (κ3) is 3.14. The average Bonchev–Trinajstić information content (AvgIpc) is 3.01. The number of non-ortho nitro benzene ring substituents is 1. The summed E-state index contributed by atoms with van der Waals surface area (Å²) in [6.07, 6.45) is 4.90. The molecule has 1 unspecified atom stereocenters. The smallest absolute Gasteiger partial charge is 0.271 e. The van der Waals surface area contributed by atoms with Gasteiger partial charge in [0.15, 0.2) is 0 Å². The van der Waals surface area contributed by atoms with Crippen LogP contribution in [-0.4, -0.2) is 30.6 Å². The normalized spacial score (nSPS) is 23.5. The van der Waals surface area contributed by atoms with Crippen LogP contribution in [-0.2, 0) is 0 Å². The summed E-state index contributed by atoms with van der Waals surface area (Å²) in [5.74, 6) is 0.751. The van der Waals surface area contributed by atoms with Crippen molar-refractivity contribution in [1.29, 1.82) is 0 Å². The third-order valence-electron chi connectivity index (χ3n) is 4.69. The molecule has 0 amide bonds. The van der Waals surface area contributed by atoms with Crippen LogP contribution in [0.3, 0.4) is 0 Å². The molecule has 0 radical (unpaired) electrons. The number of nitrogens with one attached hydrogen (secondary N) is 1. The molecular weight excluding hydrogens is 290 g/mol. The lowest BCUT2D eigenvalue weighted by Crippen LogP contribution is -2.41. The van der Waals surface area contributed by atoms with Gasteiger partial charge in [-0.1, -0.05) is 11.6 Å². The molecule has 2 fully saturated rings. The number of nitro benzene ring substituents is 1. The van der Waals surface area contributed by atoms with E-state index in [1.165, 1.54) is 25.0 Å². The van der Waals surface area contributed by atoms with Crippen LogP contribution in [0, 0.1) is 16.0 Å². The molecule has 1 aromatic carbocycles.